The van der Waals surface area contributed by atoms with Gasteiger partial charge in [0, 0.05) is 0 Å². The van der Waals surface area contributed by atoms with Gasteiger partial charge < -0.3 is 4.42 Å². The van der Waals surface area contributed by atoms with Crippen molar-refractivity contribution in [3.63, 3.8) is 0 Å². The molecule has 0 spiro atoms. The maximum absolute atomic E-state index is 12.1. The Labute approximate surface area is 121 Å². The second-order valence-corrected chi connectivity index (χ2v) is 5.06. The molecule has 0 atom stereocenters. The number of oxazole rings is 1. The largest absolute Gasteiger partial charge is 0.420 e. The second kappa shape index (κ2) is 4.63. The van der Waals surface area contributed by atoms with Crippen molar-refractivity contribution in [2.45, 2.75) is 6.54 Å². The van der Waals surface area contributed by atoms with Gasteiger partial charge in [-0.1, -0.05) is 54.6 Å². The van der Waals surface area contributed by atoms with Crippen LogP contribution in [0.3, 0.4) is 0 Å². The number of para-hydroxylation sites is 2. The molecule has 0 fully saturated rings. The van der Waals surface area contributed by atoms with Crippen LogP contribution in [0.25, 0.3) is 21.9 Å². The van der Waals surface area contributed by atoms with Gasteiger partial charge in [0.15, 0.2) is 5.58 Å². The molecule has 0 aliphatic carbocycles. The van der Waals surface area contributed by atoms with Gasteiger partial charge >= 0.3 is 5.76 Å². The van der Waals surface area contributed by atoms with Crippen LogP contribution < -0.4 is 5.76 Å². The first kappa shape index (κ1) is 12.0. The molecule has 3 nitrogen and oxygen atoms in total. The molecule has 0 saturated heterocycles. The summed E-state index contributed by atoms with van der Waals surface area (Å²) in [6.07, 6.45) is 0. The first-order valence-corrected chi connectivity index (χ1v) is 6.88. The van der Waals surface area contributed by atoms with Crippen LogP contribution in [0.1, 0.15) is 5.56 Å². The Morgan fingerprint density at radius 2 is 1.62 bits per heavy atom. The van der Waals surface area contributed by atoms with Crippen molar-refractivity contribution >= 4 is 21.9 Å². The third-order valence-corrected chi connectivity index (χ3v) is 3.78. The molecule has 0 bridgehead atoms. The molecule has 0 saturated carbocycles. The average molecular weight is 275 g/mol. The summed E-state index contributed by atoms with van der Waals surface area (Å²) < 4.78 is 6.97. The van der Waals surface area contributed by atoms with E-state index in [1.807, 2.05) is 42.5 Å². The van der Waals surface area contributed by atoms with E-state index in [1.165, 1.54) is 5.39 Å². The highest BCUT2D eigenvalue weighted by atomic mass is 16.4. The lowest BCUT2D eigenvalue weighted by molar-refractivity contribution is 0.518. The molecule has 0 aliphatic heterocycles. The molecule has 21 heavy (non-hydrogen) atoms. The Kier molecular flexibility index (Phi) is 2.64. The molecule has 0 radical (unpaired) electrons. The molecule has 1 heterocycles. The van der Waals surface area contributed by atoms with Crippen molar-refractivity contribution in [2.24, 2.45) is 0 Å². The van der Waals surface area contributed by atoms with Gasteiger partial charge in [-0.3, -0.25) is 4.57 Å². The molecule has 1 aromatic heterocycles. The van der Waals surface area contributed by atoms with E-state index in [4.69, 9.17) is 4.42 Å². The fraction of sp³-hybridized carbons (Fsp3) is 0.0556. The highest BCUT2D eigenvalue weighted by Gasteiger charge is 2.10. The SMILES string of the molecule is O=c1oc2ccccc2n1Cc1cccc2ccccc12. The number of fused-ring (bicyclic) bond motifs is 2. The van der Waals surface area contributed by atoms with Crippen molar-refractivity contribution in [1.29, 1.82) is 0 Å². The molecule has 0 N–H and O–H groups in total. The van der Waals surface area contributed by atoms with Crippen LogP contribution in [0, 0.1) is 0 Å². The molecule has 4 aromatic rings. The lowest BCUT2D eigenvalue weighted by atomic mass is 10.0. The molecule has 3 heteroatoms. The Morgan fingerprint density at radius 3 is 2.57 bits per heavy atom. The van der Waals surface area contributed by atoms with Gasteiger partial charge in [0.25, 0.3) is 0 Å². The van der Waals surface area contributed by atoms with Crippen molar-refractivity contribution in [3.8, 4) is 0 Å². The molecular weight excluding hydrogens is 262 g/mol. The lowest BCUT2D eigenvalue weighted by Gasteiger charge is -2.07. The highest BCUT2D eigenvalue weighted by molar-refractivity contribution is 5.85. The van der Waals surface area contributed by atoms with E-state index in [0.717, 1.165) is 16.5 Å². The van der Waals surface area contributed by atoms with E-state index < -0.39 is 0 Å². The Morgan fingerprint density at radius 1 is 0.857 bits per heavy atom. The predicted molar refractivity (Wildman–Crippen MR) is 83.5 cm³/mol. The van der Waals surface area contributed by atoms with Crippen LogP contribution in [-0.2, 0) is 6.54 Å². The summed E-state index contributed by atoms with van der Waals surface area (Å²) in [4.78, 5) is 12.1. The van der Waals surface area contributed by atoms with E-state index in [2.05, 4.69) is 24.3 Å². The number of hydrogen-bond acceptors (Lipinski definition) is 2. The Bertz CT molecular complexity index is 989. The number of nitrogens with zero attached hydrogens (tertiary/aromatic N) is 1. The zero-order chi connectivity index (χ0) is 14.2. The molecule has 4 rings (SSSR count). The Balaban J connectivity index is 1.91. The van der Waals surface area contributed by atoms with Gasteiger partial charge in [-0.15, -0.1) is 0 Å². The van der Waals surface area contributed by atoms with Gasteiger partial charge in [-0.25, -0.2) is 4.79 Å². The van der Waals surface area contributed by atoms with E-state index in [1.54, 1.807) is 4.57 Å². The van der Waals surface area contributed by atoms with Gasteiger partial charge in [0.2, 0.25) is 0 Å². The van der Waals surface area contributed by atoms with Gasteiger partial charge in [-0.2, -0.15) is 0 Å². The third kappa shape index (κ3) is 1.94. The zero-order valence-electron chi connectivity index (χ0n) is 11.3. The van der Waals surface area contributed by atoms with Gasteiger partial charge in [0.05, 0.1) is 12.1 Å². The van der Waals surface area contributed by atoms with E-state index in [9.17, 15) is 4.79 Å². The maximum Gasteiger partial charge on any atom is 0.420 e. The Hall–Kier alpha value is -2.81. The van der Waals surface area contributed by atoms with E-state index >= 15 is 0 Å². The van der Waals surface area contributed by atoms with Crippen molar-refractivity contribution < 1.29 is 4.42 Å². The van der Waals surface area contributed by atoms with Crippen LogP contribution in [0.2, 0.25) is 0 Å². The molecule has 102 valence electrons. The summed E-state index contributed by atoms with van der Waals surface area (Å²) in [5, 5.41) is 2.34. The second-order valence-electron chi connectivity index (χ2n) is 5.06. The first-order chi connectivity index (χ1) is 10.3. The van der Waals surface area contributed by atoms with Crippen LogP contribution in [-0.4, -0.2) is 4.57 Å². The summed E-state index contributed by atoms with van der Waals surface area (Å²) in [5.74, 6) is -0.316. The quantitative estimate of drug-likeness (QED) is 0.558. The summed E-state index contributed by atoms with van der Waals surface area (Å²) in [5.41, 5.74) is 2.57. The molecule has 0 amide bonds. The van der Waals surface area contributed by atoms with E-state index in [-0.39, 0.29) is 5.76 Å². The first-order valence-electron chi connectivity index (χ1n) is 6.88. The number of hydrogen-bond donors (Lipinski definition) is 0. The highest BCUT2D eigenvalue weighted by Crippen LogP contribution is 2.21. The van der Waals surface area contributed by atoms with Crippen LogP contribution in [0.15, 0.2) is 75.9 Å². The van der Waals surface area contributed by atoms with Crippen LogP contribution >= 0.6 is 0 Å². The van der Waals surface area contributed by atoms with Gasteiger partial charge in [-0.05, 0) is 28.5 Å². The summed E-state index contributed by atoms with van der Waals surface area (Å²) >= 11 is 0. The summed E-state index contributed by atoms with van der Waals surface area (Å²) in [6, 6.07) is 21.9. The summed E-state index contributed by atoms with van der Waals surface area (Å²) in [7, 11) is 0. The smallest absolute Gasteiger partial charge is 0.408 e. The van der Waals surface area contributed by atoms with Crippen molar-refractivity contribution in [2.75, 3.05) is 0 Å². The van der Waals surface area contributed by atoms with E-state index in [0.29, 0.717) is 12.1 Å². The number of benzene rings is 3. The monoisotopic (exact) mass is 275 g/mol. The minimum atomic E-state index is -0.316. The van der Waals surface area contributed by atoms with Crippen LogP contribution in [0.5, 0.6) is 0 Å². The van der Waals surface area contributed by atoms with Gasteiger partial charge in [0.1, 0.15) is 0 Å². The fourth-order valence-corrected chi connectivity index (χ4v) is 2.76. The topological polar surface area (TPSA) is 35.1 Å². The lowest BCUT2D eigenvalue weighted by Crippen LogP contribution is -2.15. The fourth-order valence-electron chi connectivity index (χ4n) is 2.76. The van der Waals surface area contributed by atoms with Crippen LogP contribution in [0.4, 0.5) is 0 Å². The molecular formula is C18H13NO2. The minimum Gasteiger partial charge on any atom is -0.408 e. The normalized spacial score (nSPS) is 11.2. The molecule has 0 unspecified atom stereocenters. The maximum atomic E-state index is 12.1. The third-order valence-electron chi connectivity index (χ3n) is 3.78. The number of aromatic nitrogens is 1. The average Bonchev–Trinajstić information content (AvgIpc) is 2.84. The molecule has 3 aromatic carbocycles. The molecule has 0 aliphatic rings. The van der Waals surface area contributed by atoms with Crippen molar-refractivity contribution in [1.82, 2.24) is 4.57 Å². The minimum absolute atomic E-state index is 0.316. The predicted octanol–water partition coefficient (Wildman–Crippen LogP) is 3.80. The standard InChI is InChI=1S/C18H13NO2/c20-18-19(16-10-3-4-11-17(16)21-18)12-14-8-5-7-13-6-1-2-9-15(13)14/h1-11H,12H2. The summed E-state index contributed by atoms with van der Waals surface area (Å²) in [6.45, 7) is 0.511. The zero-order valence-corrected chi connectivity index (χ0v) is 11.3. The van der Waals surface area contributed by atoms with Crippen molar-refractivity contribution in [3.05, 3.63) is 82.8 Å². The number of rotatable bonds is 2.